The third-order valence-corrected chi connectivity index (χ3v) is 7.99. The SMILES string of the molecule is CSC1(N(C(=O)CN)c2ccccc2)C(=O)N2C(C(=O)O)=C(c3ccncc3)CS[C@H]21. The molecule has 0 bridgehead atoms. The largest absolute Gasteiger partial charge is 0.477 e. The van der Waals surface area contributed by atoms with Crippen molar-refractivity contribution < 1.29 is 19.5 Å². The van der Waals surface area contributed by atoms with Gasteiger partial charge in [0.2, 0.25) is 10.8 Å². The minimum Gasteiger partial charge on any atom is -0.477 e. The summed E-state index contributed by atoms with van der Waals surface area (Å²) in [5, 5.41) is 9.41. The molecule has 160 valence electrons. The fourth-order valence-electron chi connectivity index (χ4n) is 3.96. The molecule has 3 heterocycles. The molecule has 1 aromatic heterocycles. The molecule has 10 heteroatoms. The van der Waals surface area contributed by atoms with Crippen molar-refractivity contribution in [3.05, 3.63) is 66.1 Å². The fraction of sp³-hybridized carbons (Fsp3) is 0.238. The summed E-state index contributed by atoms with van der Waals surface area (Å²) in [7, 11) is 0. The van der Waals surface area contributed by atoms with Crippen LogP contribution in [0.25, 0.3) is 5.57 Å². The smallest absolute Gasteiger partial charge is 0.352 e. The highest BCUT2D eigenvalue weighted by Gasteiger charge is 2.68. The van der Waals surface area contributed by atoms with Gasteiger partial charge in [0.25, 0.3) is 5.91 Å². The molecule has 0 radical (unpaired) electrons. The van der Waals surface area contributed by atoms with E-state index in [1.807, 2.05) is 6.07 Å². The highest BCUT2D eigenvalue weighted by molar-refractivity contribution is 8.05. The van der Waals surface area contributed by atoms with Crippen LogP contribution in [0, 0.1) is 0 Å². The molecular weight excluding hydrogens is 436 g/mol. The van der Waals surface area contributed by atoms with Crippen LogP contribution in [0.3, 0.4) is 0 Å². The second kappa shape index (κ2) is 8.37. The van der Waals surface area contributed by atoms with Crippen molar-refractivity contribution in [2.24, 2.45) is 5.73 Å². The van der Waals surface area contributed by atoms with Crippen LogP contribution < -0.4 is 10.6 Å². The summed E-state index contributed by atoms with van der Waals surface area (Å²) in [6, 6.07) is 12.3. The van der Waals surface area contributed by atoms with Gasteiger partial charge >= 0.3 is 5.97 Å². The summed E-state index contributed by atoms with van der Waals surface area (Å²) in [5.74, 6) is -1.67. The van der Waals surface area contributed by atoms with Crippen LogP contribution in [0.2, 0.25) is 0 Å². The quantitative estimate of drug-likeness (QED) is 0.500. The van der Waals surface area contributed by atoms with Crippen molar-refractivity contribution in [1.82, 2.24) is 9.88 Å². The maximum atomic E-state index is 13.6. The lowest BCUT2D eigenvalue weighted by Crippen LogP contribution is -2.79. The summed E-state index contributed by atoms with van der Waals surface area (Å²) in [6.45, 7) is -0.272. The van der Waals surface area contributed by atoms with Crippen LogP contribution in [0.4, 0.5) is 5.69 Å². The molecule has 2 aliphatic rings. The van der Waals surface area contributed by atoms with Gasteiger partial charge in [-0.15, -0.1) is 23.5 Å². The van der Waals surface area contributed by atoms with E-state index in [-0.39, 0.29) is 12.2 Å². The van der Waals surface area contributed by atoms with E-state index in [2.05, 4.69) is 4.98 Å². The normalized spacial score (nSPS) is 22.6. The maximum Gasteiger partial charge on any atom is 0.352 e. The number of aromatic nitrogens is 1. The van der Waals surface area contributed by atoms with E-state index < -0.39 is 28.0 Å². The number of pyridine rings is 1. The number of fused-ring (bicyclic) bond motifs is 1. The van der Waals surface area contributed by atoms with Gasteiger partial charge in [-0.1, -0.05) is 18.2 Å². The van der Waals surface area contributed by atoms with Gasteiger partial charge in [0, 0.05) is 29.4 Å². The molecule has 8 nitrogen and oxygen atoms in total. The number of carbonyl (C=O) groups is 3. The fourth-order valence-corrected chi connectivity index (χ4v) is 6.83. The Kier molecular flexibility index (Phi) is 5.78. The second-order valence-electron chi connectivity index (χ2n) is 6.88. The molecule has 1 aromatic carbocycles. The predicted octanol–water partition coefficient (Wildman–Crippen LogP) is 1.84. The predicted molar refractivity (Wildman–Crippen MR) is 121 cm³/mol. The van der Waals surface area contributed by atoms with E-state index in [4.69, 9.17) is 5.73 Å². The maximum absolute atomic E-state index is 13.6. The van der Waals surface area contributed by atoms with Gasteiger partial charge in [-0.2, -0.15) is 0 Å². The minimum atomic E-state index is -1.28. The first kappa shape index (κ1) is 21.4. The zero-order valence-corrected chi connectivity index (χ0v) is 18.2. The number of aliphatic carboxylic acids is 1. The lowest BCUT2D eigenvalue weighted by Gasteiger charge is -2.60. The molecule has 0 spiro atoms. The number of nitrogens with two attached hydrogens (primary N) is 1. The number of benzene rings is 1. The Morgan fingerprint density at radius 3 is 2.55 bits per heavy atom. The number of rotatable bonds is 6. The zero-order valence-electron chi connectivity index (χ0n) is 16.6. The van der Waals surface area contributed by atoms with E-state index in [1.165, 1.54) is 33.3 Å². The van der Waals surface area contributed by atoms with Gasteiger partial charge in [-0.3, -0.25) is 24.4 Å². The van der Waals surface area contributed by atoms with Crippen molar-refractivity contribution in [3.8, 4) is 0 Å². The summed E-state index contributed by atoms with van der Waals surface area (Å²) >= 11 is 2.65. The van der Waals surface area contributed by atoms with Crippen molar-refractivity contribution in [1.29, 1.82) is 0 Å². The Balaban J connectivity index is 1.83. The van der Waals surface area contributed by atoms with E-state index >= 15 is 0 Å². The Labute approximate surface area is 187 Å². The molecular formula is C21H20N4O4S2. The Morgan fingerprint density at radius 1 is 1.29 bits per heavy atom. The molecule has 0 aliphatic carbocycles. The molecule has 2 atom stereocenters. The molecule has 1 saturated heterocycles. The summed E-state index contributed by atoms with van der Waals surface area (Å²) < 4.78 is 0. The van der Waals surface area contributed by atoms with Crippen molar-refractivity contribution in [3.63, 3.8) is 0 Å². The van der Waals surface area contributed by atoms with Crippen LogP contribution in [0.5, 0.6) is 0 Å². The molecule has 2 aromatic rings. The summed E-state index contributed by atoms with van der Waals surface area (Å²) in [4.78, 5) is 44.2. The molecule has 0 saturated carbocycles. The number of nitrogens with zero attached hydrogens (tertiary/aromatic N) is 3. The van der Waals surface area contributed by atoms with E-state index in [0.717, 1.165) is 0 Å². The van der Waals surface area contributed by atoms with Gasteiger partial charge < -0.3 is 10.8 Å². The number of amides is 2. The number of carbonyl (C=O) groups excluding carboxylic acids is 2. The van der Waals surface area contributed by atoms with Crippen LogP contribution in [0.15, 0.2) is 60.6 Å². The summed E-state index contributed by atoms with van der Waals surface area (Å²) in [6.07, 6.45) is 4.91. The average molecular weight is 457 g/mol. The van der Waals surface area contributed by atoms with Crippen molar-refractivity contribution in [2.45, 2.75) is 10.2 Å². The zero-order chi connectivity index (χ0) is 22.2. The van der Waals surface area contributed by atoms with Gasteiger partial charge in [0.05, 0.1) is 6.54 Å². The van der Waals surface area contributed by atoms with Crippen molar-refractivity contribution >= 4 is 52.6 Å². The first-order valence-electron chi connectivity index (χ1n) is 9.42. The van der Waals surface area contributed by atoms with E-state index in [1.54, 1.807) is 55.0 Å². The van der Waals surface area contributed by atoms with Crippen LogP contribution in [-0.4, -0.2) is 61.6 Å². The number of hydrogen-bond acceptors (Lipinski definition) is 7. The lowest BCUT2D eigenvalue weighted by atomic mass is 9.97. The van der Waals surface area contributed by atoms with Crippen LogP contribution in [-0.2, 0) is 14.4 Å². The number of anilines is 1. The van der Waals surface area contributed by atoms with Gasteiger partial charge in [-0.25, -0.2) is 4.79 Å². The topological polar surface area (TPSA) is 117 Å². The Morgan fingerprint density at radius 2 is 1.97 bits per heavy atom. The Hall–Kier alpha value is -2.82. The molecule has 4 rings (SSSR count). The van der Waals surface area contributed by atoms with Crippen molar-refractivity contribution in [2.75, 3.05) is 23.5 Å². The standard InChI is InChI=1S/C21H20N4O4S2/c1-30-21(25(16(26)11-22)14-5-3-2-4-6-14)19(29)24-17(18(27)28)15(12-31-20(21)24)13-7-9-23-10-8-13/h2-10,20H,11-12,22H2,1H3,(H,27,28)/t20-,21?/m0/s1. The van der Waals surface area contributed by atoms with Crippen LogP contribution in [0.1, 0.15) is 5.56 Å². The van der Waals surface area contributed by atoms with Gasteiger partial charge in [0.15, 0.2) is 0 Å². The number of carboxylic acid groups (broad SMARTS) is 1. The number of carboxylic acids is 1. The number of thioether (sulfide) groups is 2. The van der Waals surface area contributed by atoms with Gasteiger partial charge in [0.1, 0.15) is 11.1 Å². The van der Waals surface area contributed by atoms with Crippen LogP contribution >= 0.6 is 23.5 Å². The van der Waals surface area contributed by atoms with E-state index in [9.17, 15) is 19.5 Å². The first-order chi connectivity index (χ1) is 15.0. The highest BCUT2D eigenvalue weighted by atomic mass is 32.2. The molecule has 2 aliphatic heterocycles. The summed E-state index contributed by atoms with van der Waals surface area (Å²) in [5.41, 5.74) is 7.42. The van der Waals surface area contributed by atoms with E-state index in [0.29, 0.717) is 22.6 Å². The third kappa shape index (κ3) is 3.22. The molecule has 1 unspecified atom stereocenters. The minimum absolute atomic E-state index is 0.0576. The molecule has 31 heavy (non-hydrogen) atoms. The lowest BCUT2D eigenvalue weighted by molar-refractivity contribution is -0.150. The molecule has 3 N–H and O–H groups in total. The number of hydrogen-bond donors (Lipinski definition) is 2. The third-order valence-electron chi connectivity index (χ3n) is 5.32. The second-order valence-corrected chi connectivity index (χ2v) is 8.98. The van der Waals surface area contributed by atoms with Gasteiger partial charge in [-0.05, 0) is 36.1 Å². The monoisotopic (exact) mass is 456 g/mol. The number of para-hydroxylation sites is 1. The Bertz CT molecular complexity index is 1060. The first-order valence-corrected chi connectivity index (χ1v) is 11.7. The molecule has 2 amide bonds. The molecule has 1 fully saturated rings. The highest BCUT2D eigenvalue weighted by Crippen LogP contribution is 2.55. The average Bonchev–Trinajstić information content (AvgIpc) is 2.81. The number of β-lactam (4-membered cyclic amide) rings is 1.